The molecule has 0 aliphatic heterocycles. The van der Waals surface area contributed by atoms with Crippen molar-refractivity contribution < 1.29 is 14.3 Å². The first kappa shape index (κ1) is 22.9. The average Bonchev–Trinajstić information content (AvgIpc) is 2.63. The maximum absolute atomic E-state index is 12.2. The quantitative estimate of drug-likeness (QED) is 0.604. The second kappa shape index (κ2) is 14.3. The van der Waals surface area contributed by atoms with E-state index in [-0.39, 0.29) is 24.9 Å². The van der Waals surface area contributed by atoms with E-state index < -0.39 is 12.1 Å². The predicted octanol–water partition coefficient (Wildman–Crippen LogP) is 1.28. The van der Waals surface area contributed by atoms with Gasteiger partial charge in [0.25, 0.3) is 0 Å². The normalized spacial score (nSPS) is 14.7. The Balaban J connectivity index is 0.00000277. The second-order valence-corrected chi connectivity index (χ2v) is 5.23. The summed E-state index contributed by atoms with van der Waals surface area (Å²) in [4.78, 5) is 23.5. The highest BCUT2D eigenvalue weighted by molar-refractivity contribution is 5.87. The van der Waals surface area contributed by atoms with Crippen molar-refractivity contribution in [1.29, 1.82) is 0 Å². The van der Waals surface area contributed by atoms with Gasteiger partial charge in [-0.1, -0.05) is 43.9 Å². The fourth-order valence-electron chi connectivity index (χ4n) is 2.09. The number of allylic oxidation sites excluding steroid dienone is 2. The van der Waals surface area contributed by atoms with Crippen molar-refractivity contribution in [3.05, 3.63) is 23.8 Å². The van der Waals surface area contributed by atoms with Gasteiger partial charge in [-0.05, 0) is 25.3 Å². The number of amides is 2. The van der Waals surface area contributed by atoms with Crippen molar-refractivity contribution in [3.8, 4) is 11.8 Å². The summed E-state index contributed by atoms with van der Waals surface area (Å²) in [6, 6.07) is -0.764. The molecule has 0 aromatic rings. The Morgan fingerprint density at radius 3 is 2.60 bits per heavy atom. The summed E-state index contributed by atoms with van der Waals surface area (Å²) in [6.07, 6.45) is 7.81. The minimum atomic E-state index is -0.764. The fourth-order valence-corrected chi connectivity index (χ4v) is 2.09. The summed E-state index contributed by atoms with van der Waals surface area (Å²) < 4.78 is 5.74. The fraction of sp³-hybridized carbons (Fsp3) is 0.579. The number of nitrogens with two attached hydrogens (primary N) is 1. The zero-order chi connectivity index (χ0) is 19.1. The maximum atomic E-state index is 12.2. The van der Waals surface area contributed by atoms with Gasteiger partial charge in [-0.2, -0.15) is 0 Å². The summed E-state index contributed by atoms with van der Waals surface area (Å²) in [7, 11) is 0. The van der Waals surface area contributed by atoms with Crippen molar-refractivity contribution >= 4 is 11.8 Å². The minimum absolute atomic E-state index is 0.187. The number of hydrogen-bond acceptors (Lipinski definition) is 4. The molecule has 0 aromatic heterocycles. The molecular weight excluding hydrogens is 318 g/mol. The van der Waals surface area contributed by atoms with Gasteiger partial charge in [0, 0.05) is 6.92 Å². The molecule has 0 heterocycles. The lowest BCUT2D eigenvalue weighted by Gasteiger charge is -2.24. The highest BCUT2D eigenvalue weighted by Crippen LogP contribution is 2.11. The summed E-state index contributed by atoms with van der Waals surface area (Å²) >= 11 is 0. The molecule has 0 fully saturated rings. The number of hydrogen-bond donors (Lipinski definition) is 3. The molecule has 0 radical (unpaired) electrons. The standard InChI is InChI=1S/C17H25N3O3.C2H6/c1-13(23-12-15-8-4-3-5-9-15)16(20-14(2)21)17(22)19-11-7-6-10-18;1-2/h4,8-9,13,16H,3,5,10-12,18H2,1-2H3,(H,19,22)(H,20,21);1-2H3. The molecule has 0 aromatic carbocycles. The van der Waals surface area contributed by atoms with E-state index in [1.54, 1.807) is 6.92 Å². The molecule has 1 aliphatic rings. The number of ether oxygens (including phenoxy) is 1. The number of rotatable bonds is 7. The van der Waals surface area contributed by atoms with E-state index in [1.165, 1.54) is 6.92 Å². The van der Waals surface area contributed by atoms with Crippen LogP contribution in [0.25, 0.3) is 0 Å². The molecule has 0 saturated heterocycles. The molecule has 0 bridgehead atoms. The van der Waals surface area contributed by atoms with E-state index >= 15 is 0 Å². The molecule has 0 saturated carbocycles. The van der Waals surface area contributed by atoms with E-state index in [0.717, 1.165) is 18.4 Å². The molecule has 1 aliphatic carbocycles. The lowest BCUT2D eigenvalue weighted by molar-refractivity contribution is -0.131. The molecule has 0 spiro atoms. The highest BCUT2D eigenvalue weighted by Gasteiger charge is 2.26. The van der Waals surface area contributed by atoms with Crippen LogP contribution < -0.4 is 16.4 Å². The van der Waals surface area contributed by atoms with Gasteiger partial charge >= 0.3 is 0 Å². The van der Waals surface area contributed by atoms with Crippen LogP contribution in [-0.4, -0.2) is 43.7 Å². The van der Waals surface area contributed by atoms with Crippen LogP contribution in [-0.2, 0) is 14.3 Å². The van der Waals surface area contributed by atoms with Crippen molar-refractivity contribution in [2.45, 2.75) is 52.7 Å². The van der Waals surface area contributed by atoms with E-state index in [2.05, 4.69) is 34.6 Å². The molecule has 6 heteroatoms. The third-order valence-electron chi connectivity index (χ3n) is 3.27. The Morgan fingerprint density at radius 2 is 2.04 bits per heavy atom. The third-order valence-corrected chi connectivity index (χ3v) is 3.27. The zero-order valence-electron chi connectivity index (χ0n) is 15.7. The average molecular weight is 349 g/mol. The minimum Gasteiger partial charge on any atom is -0.371 e. The Kier molecular flexibility index (Phi) is 13.1. The predicted molar refractivity (Wildman–Crippen MR) is 101 cm³/mol. The largest absolute Gasteiger partial charge is 0.371 e. The lowest BCUT2D eigenvalue weighted by atomic mass is 10.1. The van der Waals surface area contributed by atoms with E-state index in [0.29, 0.717) is 6.61 Å². The van der Waals surface area contributed by atoms with E-state index in [1.807, 2.05) is 19.9 Å². The number of nitrogens with one attached hydrogen (secondary N) is 2. The third kappa shape index (κ3) is 10.4. The molecular formula is C19H31N3O3. The Hall–Kier alpha value is -2.10. The van der Waals surface area contributed by atoms with Crippen molar-refractivity contribution in [3.63, 3.8) is 0 Å². The molecule has 2 amide bonds. The lowest BCUT2D eigenvalue weighted by Crippen LogP contribution is -2.52. The Labute approximate surface area is 151 Å². The van der Waals surface area contributed by atoms with Gasteiger partial charge in [-0.25, -0.2) is 0 Å². The van der Waals surface area contributed by atoms with Crippen molar-refractivity contribution in [1.82, 2.24) is 10.6 Å². The van der Waals surface area contributed by atoms with Crippen LogP contribution in [0, 0.1) is 11.8 Å². The molecule has 2 atom stereocenters. The smallest absolute Gasteiger partial charge is 0.246 e. The van der Waals surface area contributed by atoms with Gasteiger partial charge in [0.05, 0.1) is 25.8 Å². The van der Waals surface area contributed by atoms with Gasteiger partial charge in [0.1, 0.15) is 6.04 Å². The first-order chi connectivity index (χ1) is 12.0. The number of carbonyl (C=O) groups is 2. The number of carbonyl (C=O) groups excluding carboxylic acids is 2. The van der Waals surface area contributed by atoms with Crippen LogP contribution in [0.3, 0.4) is 0 Å². The van der Waals surface area contributed by atoms with Crippen LogP contribution in [0.1, 0.15) is 40.5 Å². The highest BCUT2D eigenvalue weighted by atomic mass is 16.5. The van der Waals surface area contributed by atoms with Gasteiger partial charge in [-0.15, -0.1) is 0 Å². The van der Waals surface area contributed by atoms with Crippen LogP contribution in [0.2, 0.25) is 0 Å². The molecule has 140 valence electrons. The Bertz CT molecular complexity index is 530. The summed E-state index contributed by atoms with van der Waals surface area (Å²) in [5.74, 6) is 4.76. The SMILES string of the molecule is CC.CC(=O)NC(C(=O)NCC#CCN)C(C)OCC1=CCCC=C1. The van der Waals surface area contributed by atoms with Gasteiger partial charge in [-0.3, -0.25) is 9.59 Å². The van der Waals surface area contributed by atoms with Crippen LogP contribution in [0.4, 0.5) is 0 Å². The van der Waals surface area contributed by atoms with E-state index in [9.17, 15) is 9.59 Å². The van der Waals surface area contributed by atoms with Gasteiger partial charge < -0.3 is 21.1 Å². The molecule has 2 unspecified atom stereocenters. The zero-order valence-corrected chi connectivity index (χ0v) is 15.7. The first-order valence-corrected chi connectivity index (χ1v) is 8.72. The molecule has 25 heavy (non-hydrogen) atoms. The van der Waals surface area contributed by atoms with E-state index in [4.69, 9.17) is 10.5 Å². The molecule has 6 nitrogen and oxygen atoms in total. The molecule has 4 N–H and O–H groups in total. The van der Waals surface area contributed by atoms with Crippen molar-refractivity contribution in [2.24, 2.45) is 5.73 Å². The molecule has 1 rings (SSSR count). The van der Waals surface area contributed by atoms with Crippen LogP contribution >= 0.6 is 0 Å². The topological polar surface area (TPSA) is 93.5 Å². The second-order valence-electron chi connectivity index (χ2n) is 5.23. The summed E-state index contributed by atoms with van der Waals surface area (Å²) in [5.41, 5.74) is 6.34. The Morgan fingerprint density at radius 1 is 1.32 bits per heavy atom. The monoisotopic (exact) mass is 349 g/mol. The summed E-state index contributed by atoms with van der Waals surface area (Å²) in [6.45, 7) is 7.97. The van der Waals surface area contributed by atoms with Crippen molar-refractivity contribution in [2.75, 3.05) is 19.7 Å². The van der Waals surface area contributed by atoms with Crippen LogP contribution in [0.15, 0.2) is 23.8 Å². The van der Waals surface area contributed by atoms with Gasteiger partial charge in [0.2, 0.25) is 11.8 Å². The maximum Gasteiger partial charge on any atom is 0.246 e. The van der Waals surface area contributed by atoms with Gasteiger partial charge in [0.15, 0.2) is 0 Å². The summed E-state index contributed by atoms with van der Waals surface area (Å²) in [5, 5.41) is 5.27. The van der Waals surface area contributed by atoms with Crippen LogP contribution in [0.5, 0.6) is 0 Å². The first-order valence-electron chi connectivity index (χ1n) is 8.72.